The third-order valence-corrected chi connectivity index (χ3v) is 5.29. The van der Waals surface area contributed by atoms with Gasteiger partial charge >= 0.3 is 7.12 Å². The number of rotatable bonds is 1. The number of hydrogen-bond donors (Lipinski definition) is 0. The van der Waals surface area contributed by atoms with Gasteiger partial charge in [0.1, 0.15) is 0 Å². The van der Waals surface area contributed by atoms with Crippen LogP contribution in [0.5, 0.6) is 0 Å². The van der Waals surface area contributed by atoms with Crippen LogP contribution in [0.1, 0.15) is 40.5 Å². The molecule has 0 amide bonds. The molecule has 4 heteroatoms. The van der Waals surface area contributed by atoms with Gasteiger partial charge in [-0.2, -0.15) is 5.26 Å². The molecule has 0 unspecified atom stereocenters. The molecule has 92 valence electrons. The standard InChI is InChI=1S/C13H20BNO2/c1-8(2)14-16-11-6-9-5-10(12(9,3)4)13(11,7-15)17-14/h8-11H,5-6H2,1-4H3/t9-,10-,11+,13-/m0/s1. The lowest BCUT2D eigenvalue weighted by Crippen LogP contribution is -2.66. The molecular formula is C13H20BNO2. The zero-order chi connectivity index (χ0) is 12.4. The van der Waals surface area contributed by atoms with Crippen LogP contribution in [-0.4, -0.2) is 18.8 Å². The molecule has 0 aromatic heterocycles. The van der Waals surface area contributed by atoms with E-state index < -0.39 is 5.60 Å². The molecule has 4 atom stereocenters. The highest BCUT2D eigenvalue weighted by Gasteiger charge is 2.70. The molecule has 0 spiro atoms. The molecule has 3 aliphatic carbocycles. The van der Waals surface area contributed by atoms with Gasteiger partial charge in [0.15, 0.2) is 5.60 Å². The van der Waals surface area contributed by atoms with Crippen molar-refractivity contribution in [1.82, 2.24) is 0 Å². The van der Waals surface area contributed by atoms with Crippen molar-refractivity contribution in [3.05, 3.63) is 0 Å². The Hall–Kier alpha value is -0.525. The Morgan fingerprint density at radius 3 is 2.59 bits per heavy atom. The van der Waals surface area contributed by atoms with Gasteiger partial charge in [-0.05, 0) is 30.0 Å². The summed E-state index contributed by atoms with van der Waals surface area (Å²) in [6.45, 7) is 8.71. The molecule has 0 aromatic carbocycles. The second-order valence-corrected chi connectivity index (χ2v) is 6.80. The van der Waals surface area contributed by atoms with E-state index in [1.165, 1.54) is 0 Å². The van der Waals surface area contributed by atoms with Crippen LogP contribution in [-0.2, 0) is 9.31 Å². The first-order valence-corrected chi connectivity index (χ1v) is 6.66. The van der Waals surface area contributed by atoms with Crippen LogP contribution in [0.15, 0.2) is 0 Å². The highest BCUT2D eigenvalue weighted by Crippen LogP contribution is 2.65. The fraction of sp³-hybridized carbons (Fsp3) is 0.923. The van der Waals surface area contributed by atoms with E-state index in [1.54, 1.807) is 0 Å². The molecule has 4 aliphatic rings. The lowest BCUT2D eigenvalue weighted by molar-refractivity contribution is -0.182. The molecule has 1 heterocycles. The quantitative estimate of drug-likeness (QED) is 0.654. The monoisotopic (exact) mass is 233 g/mol. The Balaban J connectivity index is 1.94. The maximum Gasteiger partial charge on any atom is 0.461 e. The van der Waals surface area contributed by atoms with E-state index in [9.17, 15) is 5.26 Å². The number of nitriles is 1. The fourth-order valence-electron chi connectivity index (χ4n) is 3.97. The van der Waals surface area contributed by atoms with Gasteiger partial charge in [-0.15, -0.1) is 0 Å². The van der Waals surface area contributed by atoms with E-state index >= 15 is 0 Å². The molecule has 0 radical (unpaired) electrons. The summed E-state index contributed by atoms with van der Waals surface area (Å²) >= 11 is 0. The Morgan fingerprint density at radius 2 is 2.06 bits per heavy atom. The van der Waals surface area contributed by atoms with Crippen molar-refractivity contribution in [3.8, 4) is 6.07 Å². The lowest BCUT2D eigenvalue weighted by atomic mass is 9.43. The van der Waals surface area contributed by atoms with Crippen molar-refractivity contribution in [2.75, 3.05) is 0 Å². The first kappa shape index (κ1) is 11.6. The predicted molar refractivity (Wildman–Crippen MR) is 65.1 cm³/mol. The van der Waals surface area contributed by atoms with Gasteiger partial charge in [-0.3, -0.25) is 0 Å². The minimum absolute atomic E-state index is 0.00308. The lowest BCUT2D eigenvalue weighted by Gasteiger charge is -2.63. The van der Waals surface area contributed by atoms with Gasteiger partial charge < -0.3 is 9.31 Å². The van der Waals surface area contributed by atoms with Gasteiger partial charge in [0.2, 0.25) is 0 Å². The molecule has 0 aromatic rings. The van der Waals surface area contributed by atoms with E-state index in [-0.39, 0.29) is 18.6 Å². The van der Waals surface area contributed by atoms with Crippen LogP contribution in [0.4, 0.5) is 0 Å². The van der Waals surface area contributed by atoms with Gasteiger partial charge in [-0.1, -0.05) is 27.7 Å². The third kappa shape index (κ3) is 1.25. The fourth-order valence-corrected chi connectivity index (χ4v) is 3.97. The van der Waals surface area contributed by atoms with E-state index in [4.69, 9.17) is 9.31 Å². The number of nitrogens with zero attached hydrogens (tertiary/aromatic N) is 1. The summed E-state index contributed by atoms with van der Waals surface area (Å²) in [5.41, 5.74) is -0.436. The topological polar surface area (TPSA) is 42.2 Å². The molecule has 1 saturated heterocycles. The average Bonchev–Trinajstić information content (AvgIpc) is 2.68. The number of hydrogen-bond acceptors (Lipinski definition) is 3. The third-order valence-electron chi connectivity index (χ3n) is 5.29. The van der Waals surface area contributed by atoms with Crippen molar-refractivity contribution >= 4 is 7.12 Å². The highest BCUT2D eigenvalue weighted by atomic mass is 16.7. The minimum atomic E-state index is -0.673. The molecule has 2 bridgehead atoms. The molecule has 0 N–H and O–H groups in total. The SMILES string of the molecule is CC(C)B1O[C@@H]2C[C@@H]3C[C@@H](C3(C)C)[C@]2(C#N)O1. The van der Waals surface area contributed by atoms with Crippen LogP contribution in [0.3, 0.4) is 0 Å². The molecule has 1 aliphatic heterocycles. The van der Waals surface area contributed by atoms with Crippen molar-refractivity contribution in [1.29, 1.82) is 5.26 Å². The molecule has 4 fully saturated rings. The first-order chi connectivity index (χ1) is 7.91. The molecule has 4 rings (SSSR count). The Labute approximate surface area is 104 Å². The Morgan fingerprint density at radius 1 is 1.35 bits per heavy atom. The summed E-state index contributed by atoms with van der Waals surface area (Å²) < 4.78 is 12.0. The zero-order valence-corrected chi connectivity index (χ0v) is 11.1. The van der Waals surface area contributed by atoms with Crippen molar-refractivity contribution in [3.63, 3.8) is 0 Å². The summed E-state index contributed by atoms with van der Waals surface area (Å²) in [5.74, 6) is 1.35. The predicted octanol–water partition coefficient (Wildman–Crippen LogP) is 2.63. The zero-order valence-electron chi connectivity index (χ0n) is 11.1. The first-order valence-electron chi connectivity index (χ1n) is 6.66. The van der Waals surface area contributed by atoms with Crippen molar-refractivity contribution in [2.24, 2.45) is 17.3 Å². The van der Waals surface area contributed by atoms with Gasteiger partial charge in [0.05, 0.1) is 12.2 Å². The van der Waals surface area contributed by atoms with Gasteiger partial charge in [0.25, 0.3) is 0 Å². The van der Waals surface area contributed by atoms with E-state index in [2.05, 4.69) is 33.8 Å². The van der Waals surface area contributed by atoms with Crippen LogP contribution in [0.2, 0.25) is 5.82 Å². The van der Waals surface area contributed by atoms with Gasteiger partial charge in [0, 0.05) is 5.92 Å². The van der Waals surface area contributed by atoms with Crippen molar-refractivity contribution < 1.29 is 9.31 Å². The normalized spacial score (nSPS) is 46.4. The minimum Gasteiger partial charge on any atom is -0.404 e. The largest absolute Gasteiger partial charge is 0.461 e. The molecule has 3 nitrogen and oxygen atoms in total. The molecule has 17 heavy (non-hydrogen) atoms. The second kappa shape index (κ2) is 3.27. The van der Waals surface area contributed by atoms with E-state index in [0.29, 0.717) is 17.7 Å². The highest BCUT2D eigenvalue weighted by molar-refractivity contribution is 6.47. The Bertz CT molecular complexity index is 389. The molecular weight excluding hydrogens is 213 g/mol. The maximum absolute atomic E-state index is 9.62. The van der Waals surface area contributed by atoms with Crippen molar-refractivity contribution in [2.45, 2.75) is 58.1 Å². The van der Waals surface area contributed by atoms with Crippen LogP contribution in [0.25, 0.3) is 0 Å². The average molecular weight is 233 g/mol. The molecule has 3 saturated carbocycles. The maximum atomic E-state index is 9.62. The second-order valence-electron chi connectivity index (χ2n) is 6.80. The van der Waals surface area contributed by atoms with Crippen LogP contribution >= 0.6 is 0 Å². The van der Waals surface area contributed by atoms with E-state index in [0.717, 1.165) is 12.8 Å². The summed E-state index contributed by atoms with van der Waals surface area (Å²) in [4.78, 5) is 0. The summed E-state index contributed by atoms with van der Waals surface area (Å²) in [6.07, 6.45) is 2.11. The van der Waals surface area contributed by atoms with Crippen LogP contribution in [0, 0.1) is 28.6 Å². The summed E-state index contributed by atoms with van der Waals surface area (Å²) in [6, 6.07) is 2.46. The van der Waals surface area contributed by atoms with Crippen LogP contribution < -0.4 is 0 Å². The smallest absolute Gasteiger partial charge is 0.404 e. The van der Waals surface area contributed by atoms with Gasteiger partial charge in [-0.25, -0.2) is 0 Å². The Kier molecular flexibility index (Phi) is 2.23. The summed E-state index contributed by atoms with van der Waals surface area (Å²) in [5, 5.41) is 9.62. The summed E-state index contributed by atoms with van der Waals surface area (Å²) in [7, 11) is -0.199. The van der Waals surface area contributed by atoms with E-state index in [1.807, 2.05) is 0 Å².